The van der Waals surface area contributed by atoms with E-state index in [4.69, 9.17) is 20.8 Å². The van der Waals surface area contributed by atoms with E-state index in [0.29, 0.717) is 39.6 Å². The highest BCUT2D eigenvalue weighted by Crippen LogP contribution is 2.31. The Bertz CT molecular complexity index is 882. The first-order valence-electron chi connectivity index (χ1n) is 7.80. The average Bonchev–Trinajstić information content (AvgIpc) is 3.31. The molecule has 0 aliphatic carbocycles. The number of H-pyrrole nitrogens is 1. The summed E-state index contributed by atoms with van der Waals surface area (Å²) in [5, 5.41) is 10.5. The van der Waals surface area contributed by atoms with Crippen LogP contribution in [0.5, 0.6) is 5.75 Å². The van der Waals surface area contributed by atoms with Crippen molar-refractivity contribution >= 4 is 29.3 Å². The first-order valence-corrected chi connectivity index (χ1v) is 9.05. The molecule has 0 spiro atoms. The molecule has 0 fully saturated rings. The van der Waals surface area contributed by atoms with E-state index in [2.05, 4.69) is 20.5 Å². The van der Waals surface area contributed by atoms with Gasteiger partial charge in [0.25, 0.3) is 0 Å². The molecule has 0 bridgehead atoms. The number of halogens is 1. The predicted octanol–water partition coefficient (Wildman–Crippen LogP) is 3.52. The van der Waals surface area contributed by atoms with E-state index in [1.165, 1.54) is 11.8 Å². The Kier molecular flexibility index (Phi) is 5.85. The first kappa shape index (κ1) is 18.3. The zero-order valence-corrected chi connectivity index (χ0v) is 15.7. The summed E-state index contributed by atoms with van der Waals surface area (Å²) in [4.78, 5) is 16.6. The Morgan fingerprint density at radius 3 is 3.04 bits per heavy atom. The van der Waals surface area contributed by atoms with Gasteiger partial charge in [0.15, 0.2) is 5.82 Å². The molecule has 7 nitrogen and oxygen atoms in total. The molecule has 0 aliphatic heterocycles. The van der Waals surface area contributed by atoms with Crippen LogP contribution < -0.4 is 10.1 Å². The minimum absolute atomic E-state index is 0.127. The predicted molar refractivity (Wildman–Crippen MR) is 99.3 cm³/mol. The number of thioether (sulfide) groups is 1. The Hall–Kier alpha value is -2.45. The zero-order chi connectivity index (χ0) is 18.5. The smallest absolute Gasteiger partial charge is 0.233 e. The number of hydrogen-bond acceptors (Lipinski definition) is 6. The maximum absolute atomic E-state index is 12.2. The average molecular weight is 393 g/mol. The highest BCUT2D eigenvalue weighted by Gasteiger charge is 2.18. The third kappa shape index (κ3) is 4.39. The van der Waals surface area contributed by atoms with Crippen molar-refractivity contribution in [2.75, 3.05) is 7.11 Å². The van der Waals surface area contributed by atoms with Crippen molar-refractivity contribution in [2.45, 2.75) is 23.9 Å². The summed E-state index contributed by atoms with van der Waals surface area (Å²) in [5.74, 6) is 1.73. The molecule has 3 rings (SSSR count). The quantitative estimate of drug-likeness (QED) is 0.597. The van der Waals surface area contributed by atoms with Gasteiger partial charge in [0.1, 0.15) is 11.5 Å². The van der Waals surface area contributed by atoms with Gasteiger partial charge in [0.2, 0.25) is 11.1 Å². The van der Waals surface area contributed by atoms with E-state index in [9.17, 15) is 4.79 Å². The third-order valence-corrected chi connectivity index (χ3v) is 4.75. The van der Waals surface area contributed by atoms with Crippen molar-refractivity contribution in [3.8, 4) is 17.1 Å². The van der Waals surface area contributed by atoms with Gasteiger partial charge in [-0.15, -0.1) is 5.10 Å². The highest BCUT2D eigenvalue weighted by atomic mass is 35.5. The van der Waals surface area contributed by atoms with Crippen LogP contribution in [0.1, 0.15) is 12.7 Å². The molecule has 1 atom stereocenters. The standard InChI is InChI=1S/C17H17ClN4O3S/c1-10(16(23)19-9-12-4-3-7-25-12)26-17-20-15(21-22-17)13-8-11(18)5-6-14(13)24-2/h3-8,10H,9H2,1-2H3,(H,19,23)(H,20,21,22)/t10-/m1/s1. The summed E-state index contributed by atoms with van der Waals surface area (Å²) in [7, 11) is 1.57. The normalized spacial score (nSPS) is 12.0. The highest BCUT2D eigenvalue weighted by molar-refractivity contribution is 8.00. The molecule has 0 aliphatic rings. The van der Waals surface area contributed by atoms with Crippen LogP contribution in [0.4, 0.5) is 0 Å². The van der Waals surface area contributed by atoms with Gasteiger partial charge in [-0.1, -0.05) is 23.4 Å². The number of aromatic nitrogens is 3. The Morgan fingerprint density at radius 1 is 1.46 bits per heavy atom. The van der Waals surface area contributed by atoms with Crippen molar-refractivity contribution in [3.05, 3.63) is 47.4 Å². The van der Waals surface area contributed by atoms with Crippen LogP contribution in [-0.4, -0.2) is 33.4 Å². The van der Waals surface area contributed by atoms with Gasteiger partial charge in [-0.3, -0.25) is 9.89 Å². The second kappa shape index (κ2) is 8.29. The van der Waals surface area contributed by atoms with Crippen LogP contribution in [0.25, 0.3) is 11.4 Å². The van der Waals surface area contributed by atoms with Crippen LogP contribution in [0.15, 0.2) is 46.2 Å². The van der Waals surface area contributed by atoms with Crippen LogP contribution in [-0.2, 0) is 11.3 Å². The lowest BCUT2D eigenvalue weighted by atomic mass is 10.2. The maximum Gasteiger partial charge on any atom is 0.233 e. The molecule has 26 heavy (non-hydrogen) atoms. The van der Waals surface area contributed by atoms with Gasteiger partial charge in [-0.25, -0.2) is 4.98 Å². The number of rotatable bonds is 7. The van der Waals surface area contributed by atoms with Crippen molar-refractivity contribution in [1.29, 1.82) is 0 Å². The van der Waals surface area contributed by atoms with Gasteiger partial charge >= 0.3 is 0 Å². The topological polar surface area (TPSA) is 93.0 Å². The second-order valence-corrected chi connectivity index (χ2v) is 7.11. The van der Waals surface area contributed by atoms with Crippen LogP contribution >= 0.6 is 23.4 Å². The molecule has 2 heterocycles. The fraction of sp³-hybridized carbons (Fsp3) is 0.235. The van der Waals surface area contributed by atoms with Gasteiger partial charge in [0, 0.05) is 5.02 Å². The summed E-state index contributed by atoms with van der Waals surface area (Å²) >= 11 is 7.30. The Balaban J connectivity index is 1.64. The second-order valence-electron chi connectivity index (χ2n) is 5.37. The molecular weight excluding hydrogens is 376 g/mol. The summed E-state index contributed by atoms with van der Waals surface area (Å²) < 4.78 is 10.5. The number of nitrogens with one attached hydrogen (secondary N) is 2. The first-order chi connectivity index (χ1) is 12.6. The number of carbonyl (C=O) groups is 1. The van der Waals surface area contributed by atoms with Crippen LogP contribution in [0.3, 0.4) is 0 Å². The number of hydrogen-bond donors (Lipinski definition) is 2. The van der Waals surface area contributed by atoms with Crippen molar-refractivity contribution in [2.24, 2.45) is 0 Å². The summed E-state index contributed by atoms with van der Waals surface area (Å²) in [6, 6.07) is 8.82. The molecule has 0 radical (unpaired) electrons. The van der Waals surface area contributed by atoms with Crippen molar-refractivity contribution in [3.63, 3.8) is 0 Å². The largest absolute Gasteiger partial charge is 0.496 e. The number of amides is 1. The number of carbonyl (C=O) groups excluding carboxylic acids is 1. The van der Waals surface area contributed by atoms with Crippen LogP contribution in [0.2, 0.25) is 5.02 Å². The molecule has 9 heteroatoms. The number of methoxy groups -OCH3 is 1. The van der Waals surface area contributed by atoms with E-state index in [0.717, 1.165) is 0 Å². The number of benzene rings is 1. The van der Waals surface area contributed by atoms with Gasteiger partial charge in [-0.2, -0.15) is 0 Å². The fourth-order valence-corrected chi connectivity index (χ4v) is 3.15. The van der Waals surface area contributed by atoms with Gasteiger partial charge in [-0.05, 0) is 37.3 Å². The number of nitrogens with zero attached hydrogens (tertiary/aromatic N) is 2. The molecule has 1 aromatic carbocycles. The summed E-state index contributed by atoms with van der Waals surface area (Å²) in [5.41, 5.74) is 0.703. The number of ether oxygens (including phenoxy) is 1. The summed E-state index contributed by atoms with van der Waals surface area (Å²) in [6.07, 6.45) is 1.57. The van der Waals surface area contributed by atoms with E-state index in [-0.39, 0.29) is 11.2 Å². The third-order valence-electron chi connectivity index (χ3n) is 3.55. The zero-order valence-electron chi connectivity index (χ0n) is 14.2. The van der Waals surface area contributed by atoms with Crippen molar-refractivity contribution < 1.29 is 13.9 Å². The molecule has 0 saturated carbocycles. The van der Waals surface area contributed by atoms with E-state index in [1.54, 1.807) is 50.6 Å². The molecule has 136 valence electrons. The minimum atomic E-state index is -0.366. The maximum atomic E-state index is 12.2. The summed E-state index contributed by atoms with van der Waals surface area (Å²) in [6.45, 7) is 2.13. The molecular formula is C17H17ClN4O3S. The SMILES string of the molecule is COc1ccc(Cl)cc1-c1nc(S[C@H](C)C(=O)NCc2ccco2)n[nH]1. The fourth-order valence-electron chi connectivity index (χ4n) is 2.23. The lowest BCUT2D eigenvalue weighted by Gasteiger charge is -2.08. The Labute approximate surface area is 159 Å². The number of furan rings is 1. The monoisotopic (exact) mass is 392 g/mol. The van der Waals surface area contributed by atoms with E-state index >= 15 is 0 Å². The molecule has 3 aromatic rings. The van der Waals surface area contributed by atoms with E-state index in [1.807, 2.05) is 0 Å². The lowest BCUT2D eigenvalue weighted by Crippen LogP contribution is -2.30. The molecule has 2 N–H and O–H groups in total. The molecule has 2 aromatic heterocycles. The molecule has 0 saturated heterocycles. The number of aromatic amines is 1. The Morgan fingerprint density at radius 2 is 2.31 bits per heavy atom. The molecule has 0 unspecified atom stereocenters. The van der Waals surface area contributed by atoms with Gasteiger partial charge in [0.05, 0.1) is 30.7 Å². The van der Waals surface area contributed by atoms with Gasteiger partial charge < -0.3 is 14.5 Å². The minimum Gasteiger partial charge on any atom is -0.496 e. The molecule has 1 amide bonds. The van der Waals surface area contributed by atoms with E-state index < -0.39 is 0 Å². The van der Waals surface area contributed by atoms with Crippen molar-refractivity contribution in [1.82, 2.24) is 20.5 Å². The lowest BCUT2D eigenvalue weighted by molar-refractivity contribution is -0.120. The van der Waals surface area contributed by atoms with Crippen LogP contribution in [0, 0.1) is 0 Å².